The first-order chi connectivity index (χ1) is 7.91. The summed E-state index contributed by atoms with van der Waals surface area (Å²) in [4.78, 5) is 21.9. The number of carbonyl (C=O) groups excluding carboxylic acids is 1. The summed E-state index contributed by atoms with van der Waals surface area (Å²) < 4.78 is 4.87. The van der Waals surface area contributed by atoms with Crippen LogP contribution in [0.1, 0.15) is 33.5 Å². The summed E-state index contributed by atoms with van der Waals surface area (Å²) in [7, 11) is 0. The van der Waals surface area contributed by atoms with Crippen molar-refractivity contribution in [2.75, 3.05) is 6.61 Å². The number of aliphatic carboxylic acids is 1. The highest BCUT2D eigenvalue weighted by Gasteiger charge is 2.10. The second-order valence-electron chi connectivity index (χ2n) is 4.01. The molecule has 0 aliphatic rings. The van der Waals surface area contributed by atoms with Gasteiger partial charge in [-0.1, -0.05) is 0 Å². The molecule has 0 atom stereocenters. The summed E-state index contributed by atoms with van der Waals surface area (Å²) in [5.74, 6) is -1.45. The van der Waals surface area contributed by atoms with Crippen molar-refractivity contribution in [2.24, 2.45) is 0 Å². The fourth-order valence-corrected chi connectivity index (χ4v) is 1.47. The summed E-state index contributed by atoms with van der Waals surface area (Å²) in [6.07, 6.45) is -0.171. The number of ether oxygens (including phenoxy) is 1. The number of carboxylic acid groups (broad SMARTS) is 1. The van der Waals surface area contributed by atoms with Gasteiger partial charge in [-0.15, -0.1) is 0 Å². The van der Waals surface area contributed by atoms with Gasteiger partial charge >= 0.3 is 11.9 Å². The lowest BCUT2D eigenvalue weighted by Gasteiger charge is -2.08. The highest BCUT2D eigenvalue weighted by atomic mass is 16.5. The Balaban J connectivity index is 2.73. The lowest BCUT2D eigenvalue weighted by molar-refractivity contribution is -0.137. The van der Waals surface area contributed by atoms with Crippen LogP contribution in [0.25, 0.3) is 0 Å². The van der Waals surface area contributed by atoms with Gasteiger partial charge < -0.3 is 9.84 Å². The van der Waals surface area contributed by atoms with Crippen molar-refractivity contribution in [1.82, 2.24) is 0 Å². The number of benzene rings is 1. The predicted octanol–water partition coefficient (Wildman–Crippen LogP) is 2.24. The molecule has 1 N–H and O–H groups in total. The monoisotopic (exact) mass is 236 g/mol. The molecule has 0 amide bonds. The maximum Gasteiger partial charge on any atom is 0.338 e. The highest BCUT2D eigenvalue weighted by Crippen LogP contribution is 2.16. The first-order valence-electron chi connectivity index (χ1n) is 5.38. The predicted molar refractivity (Wildman–Crippen MR) is 63.2 cm³/mol. The maximum atomic E-state index is 11.6. The molecule has 1 rings (SSSR count). The number of hydrogen-bond donors (Lipinski definition) is 1. The van der Waals surface area contributed by atoms with Crippen molar-refractivity contribution >= 4 is 11.9 Å². The van der Waals surface area contributed by atoms with E-state index in [1.807, 2.05) is 20.8 Å². The Bertz CT molecular complexity index is 426. The van der Waals surface area contributed by atoms with Gasteiger partial charge in [-0.25, -0.2) is 4.79 Å². The molecule has 0 unspecified atom stereocenters. The van der Waals surface area contributed by atoms with E-state index in [1.165, 1.54) is 0 Å². The molecule has 0 bridgehead atoms. The molecule has 0 saturated heterocycles. The second-order valence-corrected chi connectivity index (χ2v) is 4.01. The molecule has 17 heavy (non-hydrogen) atoms. The van der Waals surface area contributed by atoms with E-state index >= 15 is 0 Å². The van der Waals surface area contributed by atoms with Gasteiger partial charge in [0, 0.05) is 0 Å². The van der Waals surface area contributed by atoms with Crippen molar-refractivity contribution in [2.45, 2.75) is 27.2 Å². The van der Waals surface area contributed by atoms with Crippen molar-refractivity contribution in [3.8, 4) is 0 Å². The van der Waals surface area contributed by atoms with E-state index in [0.717, 1.165) is 16.7 Å². The quantitative estimate of drug-likeness (QED) is 0.814. The summed E-state index contributed by atoms with van der Waals surface area (Å²) >= 11 is 0. The smallest absolute Gasteiger partial charge is 0.338 e. The maximum absolute atomic E-state index is 11.6. The summed E-state index contributed by atoms with van der Waals surface area (Å²) in [5, 5.41) is 8.43. The van der Waals surface area contributed by atoms with Crippen LogP contribution in [0.2, 0.25) is 0 Å². The molecule has 4 nitrogen and oxygen atoms in total. The zero-order valence-corrected chi connectivity index (χ0v) is 10.2. The third-order valence-corrected chi connectivity index (χ3v) is 2.71. The van der Waals surface area contributed by atoms with E-state index in [1.54, 1.807) is 12.1 Å². The van der Waals surface area contributed by atoms with Crippen LogP contribution in [-0.4, -0.2) is 23.7 Å². The fraction of sp³-hybridized carbons (Fsp3) is 0.385. The van der Waals surface area contributed by atoms with Gasteiger partial charge in [0.05, 0.1) is 12.0 Å². The Morgan fingerprint density at radius 3 is 2.18 bits per heavy atom. The van der Waals surface area contributed by atoms with Gasteiger partial charge in [-0.2, -0.15) is 0 Å². The largest absolute Gasteiger partial charge is 0.481 e. The molecule has 0 radical (unpaired) electrons. The fourth-order valence-electron chi connectivity index (χ4n) is 1.47. The van der Waals surface area contributed by atoms with Gasteiger partial charge in [0.1, 0.15) is 6.61 Å². The molecule has 1 aromatic carbocycles. The molecular weight excluding hydrogens is 220 g/mol. The standard InChI is InChI=1S/C13H16O4/c1-8-6-11(7-9(2)10(8)3)13(16)17-5-4-12(14)15/h6-7H,4-5H2,1-3H3,(H,14,15). The normalized spacial score (nSPS) is 10.1. The van der Waals surface area contributed by atoms with Gasteiger partial charge in [0.25, 0.3) is 0 Å². The van der Waals surface area contributed by atoms with Crippen LogP contribution in [-0.2, 0) is 9.53 Å². The highest BCUT2D eigenvalue weighted by molar-refractivity contribution is 5.90. The Labute approximate surface area is 100 Å². The number of aryl methyl sites for hydroxylation is 2. The average Bonchev–Trinajstić information content (AvgIpc) is 2.24. The third-order valence-electron chi connectivity index (χ3n) is 2.71. The zero-order valence-electron chi connectivity index (χ0n) is 10.2. The number of rotatable bonds is 4. The Morgan fingerprint density at radius 2 is 1.71 bits per heavy atom. The molecule has 0 fully saturated rings. The Morgan fingerprint density at radius 1 is 1.18 bits per heavy atom. The molecule has 4 heteroatoms. The first-order valence-corrected chi connectivity index (χ1v) is 5.38. The van der Waals surface area contributed by atoms with Crippen LogP contribution >= 0.6 is 0 Å². The third kappa shape index (κ3) is 3.59. The minimum Gasteiger partial charge on any atom is -0.481 e. The van der Waals surface area contributed by atoms with Crippen LogP contribution in [0.4, 0.5) is 0 Å². The molecule has 1 aromatic rings. The van der Waals surface area contributed by atoms with E-state index in [0.29, 0.717) is 5.56 Å². The van der Waals surface area contributed by atoms with Gasteiger partial charge in [0.2, 0.25) is 0 Å². The van der Waals surface area contributed by atoms with E-state index < -0.39 is 11.9 Å². The molecule has 0 aliphatic heterocycles. The molecular formula is C13H16O4. The second kappa shape index (κ2) is 5.48. The molecule has 0 aliphatic carbocycles. The minimum atomic E-state index is -0.978. The van der Waals surface area contributed by atoms with Gasteiger partial charge in [0.15, 0.2) is 0 Å². The molecule has 0 heterocycles. The number of esters is 1. The van der Waals surface area contributed by atoms with Gasteiger partial charge in [-0.05, 0) is 49.6 Å². The van der Waals surface area contributed by atoms with Crippen molar-refractivity contribution < 1.29 is 19.4 Å². The molecule has 0 spiro atoms. The van der Waals surface area contributed by atoms with Crippen LogP contribution in [0, 0.1) is 20.8 Å². The van der Waals surface area contributed by atoms with E-state index in [2.05, 4.69) is 0 Å². The molecule has 92 valence electrons. The lowest BCUT2D eigenvalue weighted by atomic mass is 10.0. The topological polar surface area (TPSA) is 63.6 Å². The molecule has 0 saturated carbocycles. The number of carbonyl (C=O) groups is 2. The summed E-state index contributed by atoms with van der Waals surface area (Å²) in [6, 6.07) is 3.51. The van der Waals surface area contributed by atoms with E-state index in [-0.39, 0.29) is 13.0 Å². The van der Waals surface area contributed by atoms with Crippen molar-refractivity contribution in [1.29, 1.82) is 0 Å². The van der Waals surface area contributed by atoms with Crippen molar-refractivity contribution in [3.63, 3.8) is 0 Å². The molecule has 0 aromatic heterocycles. The van der Waals surface area contributed by atoms with Crippen LogP contribution in [0.15, 0.2) is 12.1 Å². The number of hydrogen-bond acceptors (Lipinski definition) is 3. The minimum absolute atomic E-state index is 0.0971. The SMILES string of the molecule is Cc1cc(C(=O)OCCC(=O)O)cc(C)c1C. The Hall–Kier alpha value is -1.84. The van der Waals surface area contributed by atoms with Crippen LogP contribution < -0.4 is 0 Å². The summed E-state index contributed by atoms with van der Waals surface area (Å²) in [5.41, 5.74) is 3.66. The average molecular weight is 236 g/mol. The van der Waals surface area contributed by atoms with Crippen LogP contribution in [0.3, 0.4) is 0 Å². The summed E-state index contributed by atoms with van der Waals surface area (Å²) in [6.45, 7) is 5.75. The number of carboxylic acids is 1. The van der Waals surface area contributed by atoms with Crippen LogP contribution in [0.5, 0.6) is 0 Å². The zero-order chi connectivity index (χ0) is 13.0. The van der Waals surface area contributed by atoms with Gasteiger partial charge in [-0.3, -0.25) is 4.79 Å². The van der Waals surface area contributed by atoms with Crippen molar-refractivity contribution in [3.05, 3.63) is 34.4 Å². The van der Waals surface area contributed by atoms with E-state index in [4.69, 9.17) is 9.84 Å². The Kier molecular flexibility index (Phi) is 4.26. The lowest BCUT2D eigenvalue weighted by Crippen LogP contribution is -2.10. The van der Waals surface area contributed by atoms with E-state index in [9.17, 15) is 9.59 Å². The first kappa shape index (κ1) is 13.2.